The van der Waals surface area contributed by atoms with E-state index in [2.05, 4.69) is 15.9 Å². The summed E-state index contributed by atoms with van der Waals surface area (Å²) in [5.41, 5.74) is 1.63. The largest absolute Gasteiger partial charge is 0.298 e. The van der Waals surface area contributed by atoms with Crippen LogP contribution in [0.2, 0.25) is 0 Å². The Bertz CT molecular complexity index is 562. The molecule has 0 unspecified atom stereocenters. The second-order valence-electron chi connectivity index (χ2n) is 4.39. The van der Waals surface area contributed by atoms with Gasteiger partial charge in [-0.25, -0.2) is 17.9 Å². The van der Waals surface area contributed by atoms with Gasteiger partial charge in [0.1, 0.15) is 5.82 Å². The maximum atomic E-state index is 13.9. The number of nitrogens with two attached hydrogens (primary N) is 1. The highest BCUT2D eigenvalue weighted by Crippen LogP contribution is 2.27. The number of primary sulfonamides is 1. The molecule has 1 heterocycles. The molecule has 0 spiro atoms. The molecule has 18 heavy (non-hydrogen) atoms. The quantitative estimate of drug-likeness (QED) is 0.903. The van der Waals surface area contributed by atoms with E-state index < -0.39 is 10.0 Å². The summed E-state index contributed by atoms with van der Waals surface area (Å²) in [7, 11) is -3.46. The Hall–Kier alpha value is -0.500. The molecule has 1 aromatic carbocycles. The molecule has 0 aliphatic carbocycles. The average Bonchev–Trinajstić information content (AvgIpc) is 2.31. The second kappa shape index (κ2) is 5.24. The van der Waals surface area contributed by atoms with Gasteiger partial charge in [0.25, 0.3) is 0 Å². The molecule has 0 saturated carbocycles. The first-order valence-electron chi connectivity index (χ1n) is 5.55. The molecular formula is C11H14BrFN2O2S. The monoisotopic (exact) mass is 336 g/mol. The van der Waals surface area contributed by atoms with Crippen LogP contribution in [0, 0.1) is 5.82 Å². The fourth-order valence-electron chi connectivity index (χ4n) is 2.07. The molecule has 1 aromatic rings. The van der Waals surface area contributed by atoms with Crippen LogP contribution in [-0.4, -0.2) is 32.2 Å². The van der Waals surface area contributed by atoms with Gasteiger partial charge < -0.3 is 0 Å². The molecule has 0 atom stereocenters. The van der Waals surface area contributed by atoms with E-state index in [0.29, 0.717) is 23.1 Å². The second-order valence-corrected chi connectivity index (χ2v) is 6.98. The molecule has 2 N–H and O–H groups in total. The number of benzene rings is 1. The Balaban J connectivity index is 2.12. The van der Waals surface area contributed by atoms with Crippen molar-refractivity contribution in [3.8, 4) is 0 Å². The van der Waals surface area contributed by atoms with E-state index in [1.165, 1.54) is 0 Å². The smallest absolute Gasteiger partial charge is 0.210 e. The Kier molecular flexibility index (Phi) is 4.05. The van der Waals surface area contributed by atoms with Crippen LogP contribution < -0.4 is 5.14 Å². The lowest BCUT2D eigenvalue weighted by atomic mass is 9.99. The first-order chi connectivity index (χ1) is 8.37. The summed E-state index contributed by atoms with van der Waals surface area (Å²) >= 11 is 3.16. The third-order valence-electron chi connectivity index (χ3n) is 3.06. The molecule has 100 valence electrons. The molecule has 0 amide bonds. The molecule has 0 saturated heterocycles. The summed E-state index contributed by atoms with van der Waals surface area (Å²) in [6.07, 6.45) is 0.726. The Morgan fingerprint density at radius 2 is 2.17 bits per heavy atom. The summed E-state index contributed by atoms with van der Waals surface area (Å²) in [6, 6.07) is 3.60. The highest BCUT2D eigenvalue weighted by molar-refractivity contribution is 9.10. The van der Waals surface area contributed by atoms with Gasteiger partial charge in [-0.3, -0.25) is 4.90 Å². The standard InChI is InChI=1S/C11H14BrFN2O2S/c12-10-2-1-8-3-4-15(5-6-18(14,16)17)7-9(8)11(10)13/h1-2H,3-7H2,(H2,14,16,17). The predicted octanol–water partition coefficient (Wildman–Crippen LogP) is 1.23. The van der Waals surface area contributed by atoms with Crippen molar-refractivity contribution in [1.82, 2.24) is 4.90 Å². The van der Waals surface area contributed by atoms with E-state index in [9.17, 15) is 12.8 Å². The van der Waals surface area contributed by atoms with Crippen LogP contribution in [0.4, 0.5) is 4.39 Å². The van der Waals surface area contributed by atoms with Gasteiger partial charge in [0.05, 0.1) is 10.2 Å². The molecule has 7 heteroatoms. The number of hydrogen-bond acceptors (Lipinski definition) is 3. The lowest BCUT2D eigenvalue weighted by molar-refractivity contribution is 0.263. The third kappa shape index (κ3) is 3.28. The fraction of sp³-hybridized carbons (Fsp3) is 0.455. The predicted molar refractivity (Wildman–Crippen MR) is 71.1 cm³/mol. The summed E-state index contributed by atoms with van der Waals surface area (Å²) < 4.78 is 36.2. The van der Waals surface area contributed by atoms with Gasteiger partial charge in [-0.2, -0.15) is 0 Å². The fourth-order valence-corrected chi connectivity index (χ4v) is 2.95. The Morgan fingerprint density at radius 3 is 2.83 bits per heavy atom. The van der Waals surface area contributed by atoms with Crippen molar-refractivity contribution in [1.29, 1.82) is 0 Å². The molecule has 0 fully saturated rings. The van der Waals surface area contributed by atoms with Crippen molar-refractivity contribution in [2.45, 2.75) is 13.0 Å². The summed E-state index contributed by atoms with van der Waals surface area (Å²) in [4.78, 5) is 1.91. The summed E-state index contributed by atoms with van der Waals surface area (Å²) in [6.45, 7) is 1.49. The molecule has 1 aliphatic rings. The molecule has 4 nitrogen and oxygen atoms in total. The first kappa shape index (κ1) is 13.9. The summed E-state index contributed by atoms with van der Waals surface area (Å²) in [5.74, 6) is -0.356. The van der Waals surface area contributed by atoms with Crippen molar-refractivity contribution in [2.24, 2.45) is 5.14 Å². The van der Waals surface area contributed by atoms with Crippen molar-refractivity contribution in [3.05, 3.63) is 33.5 Å². The molecule has 1 aliphatic heterocycles. The minimum atomic E-state index is -3.46. The van der Waals surface area contributed by atoms with Gasteiger partial charge in [-0.05, 0) is 34.0 Å². The number of halogens is 2. The van der Waals surface area contributed by atoms with Gasteiger partial charge in [-0.1, -0.05) is 6.07 Å². The normalized spacial score (nSPS) is 16.6. The van der Waals surface area contributed by atoms with Gasteiger partial charge in [0, 0.05) is 25.2 Å². The third-order valence-corrected chi connectivity index (χ3v) is 4.43. The van der Waals surface area contributed by atoms with Crippen LogP contribution in [0.15, 0.2) is 16.6 Å². The summed E-state index contributed by atoms with van der Waals surface area (Å²) in [5, 5.41) is 4.97. The van der Waals surface area contributed by atoms with Crippen LogP contribution in [0.5, 0.6) is 0 Å². The van der Waals surface area contributed by atoms with E-state index in [-0.39, 0.29) is 11.6 Å². The van der Waals surface area contributed by atoms with E-state index >= 15 is 0 Å². The average molecular weight is 337 g/mol. The Labute approximate surface area is 114 Å². The van der Waals surface area contributed by atoms with Gasteiger partial charge >= 0.3 is 0 Å². The van der Waals surface area contributed by atoms with Crippen LogP contribution in [-0.2, 0) is 23.0 Å². The number of hydrogen-bond donors (Lipinski definition) is 1. The highest BCUT2D eigenvalue weighted by Gasteiger charge is 2.21. The van der Waals surface area contributed by atoms with Crippen molar-refractivity contribution < 1.29 is 12.8 Å². The minimum Gasteiger partial charge on any atom is -0.298 e. The zero-order valence-corrected chi connectivity index (χ0v) is 12.1. The zero-order valence-electron chi connectivity index (χ0n) is 9.70. The van der Waals surface area contributed by atoms with Crippen LogP contribution in [0.25, 0.3) is 0 Å². The van der Waals surface area contributed by atoms with Crippen molar-refractivity contribution in [2.75, 3.05) is 18.8 Å². The Morgan fingerprint density at radius 1 is 1.44 bits per heavy atom. The van der Waals surface area contributed by atoms with E-state index in [1.54, 1.807) is 6.07 Å². The van der Waals surface area contributed by atoms with E-state index in [4.69, 9.17) is 5.14 Å². The van der Waals surface area contributed by atoms with Gasteiger partial charge in [0.2, 0.25) is 10.0 Å². The lowest BCUT2D eigenvalue weighted by Crippen LogP contribution is -2.36. The lowest BCUT2D eigenvalue weighted by Gasteiger charge is -2.28. The van der Waals surface area contributed by atoms with Gasteiger partial charge in [-0.15, -0.1) is 0 Å². The number of sulfonamides is 1. The molecule has 0 bridgehead atoms. The SMILES string of the molecule is NS(=O)(=O)CCN1CCc2ccc(Br)c(F)c2C1. The first-order valence-corrected chi connectivity index (χ1v) is 8.06. The number of fused-ring (bicyclic) bond motifs is 1. The zero-order chi connectivity index (χ0) is 13.3. The van der Waals surface area contributed by atoms with Crippen LogP contribution >= 0.6 is 15.9 Å². The molecule has 0 radical (unpaired) electrons. The topological polar surface area (TPSA) is 63.4 Å². The maximum Gasteiger partial charge on any atom is 0.210 e. The highest BCUT2D eigenvalue weighted by atomic mass is 79.9. The van der Waals surface area contributed by atoms with E-state index in [0.717, 1.165) is 18.5 Å². The molecular weight excluding hydrogens is 323 g/mol. The van der Waals surface area contributed by atoms with Crippen molar-refractivity contribution in [3.63, 3.8) is 0 Å². The van der Waals surface area contributed by atoms with Crippen LogP contribution in [0.3, 0.4) is 0 Å². The van der Waals surface area contributed by atoms with E-state index in [1.807, 2.05) is 11.0 Å². The minimum absolute atomic E-state index is 0.0993. The van der Waals surface area contributed by atoms with Gasteiger partial charge in [0.15, 0.2) is 0 Å². The molecule has 0 aromatic heterocycles. The number of nitrogens with zero attached hydrogens (tertiary/aromatic N) is 1. The van der Waals surface area contributed by atoms with Crippen LogP contribution in [0.1, 0.15) is 11.1 Å². The maximum absolute atomic E-state index is 13.9. The molecule has 2 rings (SSSR count). The van der Waals surface area contributed by atoms with Crippen molar-refractivity contribution >= 4 is 26.0 Å². The number of rotatable bonds is 3.